The van der Waals surface area contributed by atoms with E-state index in [9.17, 15) is 4.79 Å². The van der Waals surface area contributed by atoms with Crippen LogP contribution in [-0.2, 0) is 0 Å². The summed E-state index contributed by atoms with van der Waals surface area (Å²) in [6.45, 7) is 3.65. The Hall–Kier alpha value is -1.22. The number of carbonyl (C=O) groups excluding carboxylic acids is 1. The van der Waals surface area contributed by atoms with E-state index in [0.717, 1.165) is 18.8 Å². The molecule has 0 unspecified atom stereocenters. The van der Waals surface area contributed by atoms with Crippen LogP contribution in [-0.4, -0.2) is 30.9 Å². The average molecular weight is 309 g/mol. The van der Waals surface area contributed by atoms with Gasteiger partial charge in [0.2, 0.25) is 0 Å². The van der Waals surface area contributed by atoms with Gasteiger partial charge in [-0.1, -0.05) is 30.9 Å². The van der Waals surface area contributed by atoms with Gasteiger partial charge in [0.25, 0.3) is 5.91 Å². The zero-order valence-electron chi connectivity index (χ0n) is 13.0. The second-order valence-electron chi connectivity index (χ2n) is 5.91. The summed E-state index contributed by atoms with van der Waals surface area (Å²) < 4.78 is 0. The Morgan fingerprint density at radius 3 is 2.71 bits per heavy atom. The van der Waals surface area contributed by atoms with E-state index < -0.39 is 0 Å². The molecule has 1 N–H and O–H groups in total. The predicted molar refractivity (Wildman–Crippen MR) is 89.2 cm³/mol. The summed E-state index contributed by atoms with van der Waals surface area (Å²) in [5, 5.41) is 3.84. The van der Waals surface area contributed by atoms with Gasteiger partial charge in [0.05, 0.1) is 5.56 Å². The maximum Gasteiger partial charge on any atom is 0.255 e. The lowest BCUT2D eigenvalue weighted by Gasteiger charge is -2.27. The van der Waals surface area contributed by atoms with Crippen molar-refractivity contribution in [1.29, 1.82) is 0 Å². The standard InChI is InChI=1S/C17H25ClN2O/c1-3-19-16-10-9-14(18)11-15(16)17(21)20(2)12-13-7-5-4-6-8-13/h9-11,13,19H,3-8,12H2,1-2H3. The highest BCUT2D eigenvalue weighted by Crippen LogP contribution is 2.26. The van der Waals surface area contributed by atoms with Crippen LogP contribution in [0.4, 0.5) is 5.69 Å². The summed E-state index contributed by atoms with van der Waals surface area (Å²) in [6.07, 6.45) is 6.42. The second kappa shape index (κ2) is 7.69. The summed E-state index contributed by atoms with van der Waals surface area (Å²) in [4.78, 5) is 14.5. The van der Waals surface area contributed by atoms with E-state index in [1.807, 2.05) is 31.0 Å². The van der Waals surface area contributed by atoms with Gasteiger partial charge in [-0.3, -0.25) is 4.79 Å². The maximum absolute atomic E-state index is 12.7. The highest BCUT2D eigenvalue weighted by atomic mass is 35.5. The summed E-state index contributed by atoms with van der Waals surface area (Å²) in [6, 6.07) is 5.46. The number of anilines is 1. The topological polar surface area (TPSA) is 32.3 Å². The van der Waals surface area contributed by atoms with Crippen LogP contribution in [0, 0.1) is 5.92 Å². The quantitative estimate of drug-likeness (QED) is 0.873. The lowest BCUT2D eigenvalue weighted by atomic mass is 9.89. The minimum Gasteiger partial charge on any atom is -0.385 e. The number of amides is 1. The minimum absolute atomic E-state index is 0.0547. The molecule has 1 saturated carbocycles. The molecule has 0 radical (unpaired) electrons. The van der Waals surface area contributed by atoms with Crippen LogP contribution in [0.3, 0.4) is 0 Å². The van der Waals surface area contributed by atoms with Crippen molar-refractivity contribution in [2.45, 2.75) is 39.0 Å². The molecule has 1 aliphatic carbocycles. The highest BCUT2D eigenvalue weighted by molar-refractivity contribution is 6.31. The number of hydrogen-bond acceptors (Lipinski definition) is 2. The van der Waals surface area contributed by atoms with Crippen molar-refractivity contribution in [2.24, 2.45) is 5.92 Å². The van der Waals surface area contributed by atoms with Gasteiger partial charge in [-0.2, -0.15) is 0 Å². The van der Waals surface area contributed by atoms with Crippen molar-refractivity contribution >= 4 is 23.2 Å². The van der Waals surface area contributed by atoms with Crippen LogP contribution in [0.2, 0.25) is 5.02 Å². The highest BCUT2D eigenvalue weighted by Gasteiger charge is 2.21. The molecule has 0 atom stereocenters. The van der Waals surface area contributed by atoms with Crippen LogP contribution in [0.5, 0.6) is 0 Å². The van der Waals surface area contributed by atoms with Gasteiger partial charge in [0.1, 0.15) is 0 Å². The van der Waals surface area contributed by atoms with Crippen molar-refractivity contribution < 1.29 is 4.79 Å². The number of rotatable bonds is 5. The predicted octanol–water partition coefficient (Wildman–Crippen LogP) is 4.42. The average Bonchev–Trinajstić information content (AvgIpc) is 2.49. The fourth-order valence-electron chi connectivity index (χ4n) is 3.08. The van der Waals surface area contributed by atoms with Gasteiger partial charge in [0.15, 0.2) is 0 Å². The maximum atomic E-state index is 12.7. The molecule has 0 aromatic heterocycles. The monoisotopic (exact) mass is 308 g/mol. The Bertz CT molecular complexity index is 484. The van der Waals surface area contributed by atoms with Crippen molar-refractivity contribution in [1.82, 2.24) is 4.90 Å². The Labute approximate surface area is 132 Å². The van der Waals surface area contributed by atoms with Gasteiger partial charge in [-0.15, -0.1) is 0 Å². The first kappa shape index (κ1) is 16.2. The molecule has 0 heterocycles. The Morgan fingerprint density at radius 2 is 2.05 bits per heavy atom. The molecule has 0 spiro atoms. The lowest BCUT2D eigenvalue weighted by molar-refractivity contribution is 0.0761. The largest absolute Gasteiger partial charge is 0.385 e. The first-order valence-corrected chi connectivity index (χ1v) is 8.28. The van der Waals surface area contributed by atoms with E-state index in [-0.39, 0.29) is 5.91 Å². The fourth-order valence-corrected chi connectivity index (χ4v) is 3.26. The van der Waals surface area contributed by atoms with Crippen molar-refractivity contribution in [3.05, 3.63) is 28.8 Å². The van der Waals surface area contributed by atoms with E-state index >= 15 is 0 Å². The molecule has 1 aromatic rings. The Balaban J connectivity index is 2.08. The molecule has 1 aromatic carbocycles. The van der Waals surface area contributed by atoms with Gasteiger partial charge in [0, 0.05) is 30.8 Å². The van der Waals surface area contributed by atoms with E-state index in [1.54, 1.807) is 6.07 Å². The molecule has 1 fully saturated rings. The minimum atomic E-state index is 0.0547. The molecule has 0 bridgehead atoms. The molecule has 2 rings (SSSR count). The smallest absolute Gasteiger partial charge is 0.255 e. The Kier molecular flexibility index (Phi) is 5.92. The SMILES string of the molecule is CCNc1ccc(Cl)cc1C(=O)N(C)CC1CCCCC1. The second-order valence-corrected chi connectivity index (χ2v) is 6.35. The zero-order chi connectivity index (χ0) is 15.2. The van der Waals surface area contributed by atoms with Crippen molar-refractivity contribution in [2.75, 3.05) is 25.5 Å². The van der Waals surface area contributed by atoms with E-state index in [2.05, 4.69) is 5.32 Å². The first-order chi connectivity index (χ1) is 10.1. The molecule has 116 valence electrons. The molecule has 4 heteroatoms. The van der Waals surface area contributed by atoms with Crippen molar-refractivity contribution in [3.63, 3.8) is 0 Å². The number of halogens is 1. The molecule has 3 nitrogen and oxygen atoms in total. The van der Waals surface area contributed by atoms with Gasteiger partial charge < -0.3 is 10.2 Å². The first-order valence-electron chi connectivity index (χ1n) is 7.90. The lowest BCUT2D eigenvalue weighted by Crippen LogP contribution is -2.33. The fraction of sp³-hybridized carbons (Fsp3) is 0.588. The number of nitrogens with one attached hydrogen (secondary N) is 1. The molecule has 0 saturated heterocycles. The number of benzene rings is 1. The number of hydrogen-bond donors (Lipinski definition) is 1. The normalized spacial score (nSPS) is 15.8. The molecule has 1 aliphatic rings. The van der Waals surface area contributed by atoms with Crippen LogP contribution >= 0.6 is 11.6 Å². The van der Waals surface area contributed by atoms with Crippen molar-refractivity contribution in [3.8, 4) is 0 Å². The molecular weight excluding hydrogens is 284 g/mol. The van der Waals surface area contributed by atoms with Crippen LogP contribution in [0.25, 0.3) is 0 Å². The number of nitrogens with zero attached hydrogens (tertiary/aromatic N) is 1. The Morgan fingerprint density at radius 1 is 1.33 bits per heavy atom. The molecule has 0 aliphatic heterocycles. The summed E-state index contributed by atoms with van der Waals surface area (Å²) in [5.41, 5.74) is 1.53. The van der Waals surface area contributed by atoms with Gasteiger partial charge in [-0.25, -0.2) is 0 Å². The molecule has 1 amide bonds. The third-order valence-corrected chi connectivity index (χ3v) is 4.42. The molecular formula is C17H25ClN2O. The third kappa shape index (κ3) is 4.37. The third-order valence-electron chi connectivity index (χ3n) is 4.18. The van der Waals surface area contributed by atoms with Crippen LogP contribution in [0.15, 0.2) is 18.2 Å². The van der Waals surface area contributed by atoms with Crippen LogP contribution in [0.1, 0.15) is 49.4 Å². The van der Waals surface area contributed by atoms with E-state index in [1.165, 1.54) is 32.1 Å². The zero-order valence-corrected chi connectivity index (χ0v) is 13.7. The molecule has 21 heavy (non-hydrogen) atoms. The van der Waals surface area contributed by atoms with Gasteiger partial charge >= 0.3 is 0 Å². The van der Waals surface area contributed by atoms with E-state index in [4.69, 9.17) is 11.6 Å². The van der Waals surface area contributed by atoms with Gasteiger partial charge in [-0.05, 0) is 43.9 Å². The number of carbonyl (C=O) groups is 1. The van der Waals surface area contributed by atoms with Crippen LogP contribution < -0.4 is 5.32 Å². The van der Waals surface area contributed by atoms with E-state index in [0.29, 0.717) is 16.5 Å². The summed E-state index contributed by atoms with van der Waals surface area (Å²) in [7, 11) is 1.90. The summed E-state index contributed by atoms with van der Waals surface area (Å²) in [5.74, 6) is 0.702. The summed E-state index contributed by atoms with van der Waals surface area (Å²) >= 11 is 6.06.